The molecule has 1 unspecified atom stereocenters. The van der Waals surface area contributed by atoms with Gasteiger partial charge in [0.2, 0.25) is 5.91 Å². The third-order valence-electron chi connectivity index (χ3n) is 2.42. The Kier molecular flexibility index (Phi) is 2.80. The second kappa shape index (κ2) is 4.25. The second-order valence-electron chi connectivity index (χ2n) is 3.73. The molecule has 0 saturated carbocycles. The molecule has 2 N–H and O–H groups in total. The van der Waals surface area contributed by atoms with Crippen molar-refractivity contribution in [2.45, 2.75) is 25.8 Å². The highest BCUT2D eigenvalue weighted by Gasteiger charge is 2.20. The SMILES string of the molecule is Cc1cc(NCC2CCC(=O)N2)ncn1. The lowest BCUT2D eigenvalue weighted by atomic mass is 10.2. The molecule has 5 heteroatoms. The lowest BCUT2D eigenvalue weighted by Crippen LogP contribution is -2.31. The van der Waals surface area contributed by atoms with Crippen molar-refractivity contribution >= 4 is 11.7 Å². The number of aromatic nitrogens is 2. The van der Waals surface area contributed by atoms with Crippen LogP contribution in [0.15, 0.2) is 12.4 Å². The van der Waals surface area contributed by atoms with Gasteiger partial charge in [-0.3, -0.25) is 4.79 Å². The van der Waals surface area contributed by atoms with Crippen molar-refractivity contribution in [3.8, 4) is 0 Å². The minimum atomic E-state index is 0.140. The van der Waals surface area contributed by atoms with Crippen LogP contribution in [0.1, 0.15) is 18.5 Å². The van der Waals surface area contributed by atoms with Crippen molar-refractivity contribution in [2.24, 2.45) is 0 Å². The number of hydrogen-bond donors (Lipinski definition) is 2. The van der Waals surface area contributed by atoms with Crippen LogP contribution in [0.25, 0.3) is 0 Å². The Morgan fingerprint density at radius 1 is 1.60 bits per heavy atom. The average Bonchev–Trinajstić information content (AvgIpc) is 2.62. The van der Waals surface area contributed by atoms with E-state index in [1.165, 1.54) is 6.33 Å². The lowest BCUT2D eigenvalue weighted by molar-refractivity contribution is -0.119. The highest BCUT2D eigenvalue weighted by Crippen LogP contribution is 2.08. The summed E-state index contributed by atoms with van der Waals surface area (Å²) >= 11 is 0. The van der Waals surface area contributed by atoms with Crippen LogP contribution < -0.4 is 10.6 Å². The number of rotatable bonds is 3. The molecule has 80 valence electrons. The summed E-state index contributed by atoms with van der Waals surface area (Å²) in [6, 6.07) is 2.12. The van der Waals surface area contributed by atoms with Crippen LogP contribution in [0.4, 0.5) is 5.82 Å². The summed E-state index contributed by atoms with van der Waals surface area (Å²) in [5.41, 5.74) is 0.933. The summed E-state index contributed by atoms with van der Waals surface area (Å²) < 4.78 is 0. The van der Waals surface area contributed by atoms with Gasteiger partial charge in [-0.1, -0.05) is 0 Å². The maximum atomic E-state index is 11.0. The van der Waals surface area contributed by atoms with Gasteiger partial charge in [0.05, 0.1) is 0 Å². The standard InChI is InChI=1S/C10H14N4O/c1-7-4-9(13-6-12-7)11-5-8-2-3-10(15)14-8/h4,6,8H,2-3,5H2,1H3,(H,14,15)(H,11,12,13). The van der Waals surface area contributed by atoms with E-state index in [1.807, 2.05) is 13.0 Å². The first kappa shape index (κ1) is 9.89. The number of anilines is 1. The van der Waals surface area contributed by atoms with Crippen LogP contribution in [0, 0.1) is 6.92 Å². The fourth-order valence-corrected chi connectivity index (χ4v) is 1.61. The van der Waals surface area contributed by atoms with Crippen LogP contribution in [0.3, 0.4) is 0 Å². The van der Waals surface area contributed by atoms with Gasteiger partial charge in [0, 0.05) is 30.8 Å². The third kappa shape index (κ3) is 2.65. The van der Waals surface area contributed by atoms with Crippen LogP contribution in [-0.2, 0) is 4.79 Å². The average molecular weight is 206 g/mol. The molecule has 2 rings (SSSR count). The predicted octanol–water partition coefficient (Wildman–Crippen LogP) is 0.476. The number of amides is 1. The highest BCUT2D eigenvalue weighted by atomic mass is 16.1. The van der Waals surface area contributed by atoms with Gasteiger partial charge in [0.15, 0.2) is 0 Å². The molecule has 0 spiro atoms. The van der Waals surface area contributed by atoms with Gasteiger partial charge in [0.25, 0.3) is 0 Å². The van der Waals surface area contributed by atoms with Crippen molar-refractivity contribution in [2.75, 3.05) is 11.9 Å². The molecule has 5 nitrogen and oxygen atoms in total. The largest absolute Gasteiger partial charge is 0.368 e. The van der Waals surface area contributed by atoms with Gasteiger partial charge in [-0.15, -0.1) is 0 Å². The van der Waals surface area contributed by atoms with Crippen molar-refractivity contribution in [3.63, 3.8) is 0 Å². The molecule has 0 aliphatic carbocycles. The topological polar surface area (TPSA) is 66.9 Å². The van der Waals surface area contributed by atoms with Crippen LogP contribution >= 0.6 is 0 Å². The van der Waals surface area contributed by atoms with Crippen molar-refractivity contribution in [3.05, 3.63) is 18.1 Å². The molecule has 1 atom stereocenters. The Balaban J connectivity index is 1.85. The Bertz CT molecular complexity index is 366. The van der Waals surface area contributed by atoms with E-state index < -0.39 is 0 Å². The molecule has 1 aliphatic rings. The first-order valence-corrected chi connectivity index (χ1v) is 5.06. The van der Waals surface area contributed by atoms with E-state index in [0.717, 1.165) is 24.5 Å². The van der Waals surface area contributed by atoms with Crippen molar-refractivity contribution in [1.29, 1.82) is 0 Å². The smallest absolute Gasteiger partial charge is 0.220 e. The molecule has 2 heterocycles. The monoisotopic (exact) mass is 206 g/mol. The third-order valence-corrected chi connectivity index (χ3v) is 2.42. The van der Waals surface area contributed by atoms with Crippen molar-refractivity contribution < 1.29 is 4.79 Å². The molecular formula is C10H14N4O. The van der Waals surface area contributed by atoms with E-state index in [1.54, 1.807) is 0 Å². The number of aryl methyl sites for hydroxylation is 1. The maximum absolute atomic E-state index is 11.0. The van der Waals surface area contributed by atoms with E-state index >= 15 is 0 Å². The fraction of sp³-hybridized carbons (Fsp3) is 0.500. The highest BCUT2D eigenvalue weighted by molar-refractivity contribution is 5.78. The number of carbonyl (C=O) groups is 1. The fourth-order valence-electron chi connectivity index (χ4n) is 1.61. The minimum Gasteiger partial charge on any atom is -0.368 e. The molecule has 1 aliphatic heterocycles. The van der Waals surface area contributed by atoms with Gasteiger partial charge < -0.3 is 10.6 Å². The molecule has 1 amide bonds. The zero-order valence-corrected chi connectivity index (χ0v) is 8.66. The number of nitrogens with one attached hydrogen (secondary N) is 2. The van der Waals surface area contributed by atoms with E-state index in [0.29, 0.717) is 6.42 Å². The molecule has 15 heavy (non-hydrogen) atoms. The summed E-state index contributed by atoms with van der Waals surface area (Å²) in [7, 11) is 0. The van der Waals surface area contributed by atoms with Gasteiger partial charge in [0.1, 0.15) is 12.1 Å². The predicted molar refractivity (Wildman–Crippen MR) is 56.4 cm³/mol. The molecule has 1 saturated heterocycles. The first-order valence-electron chi connectivity index (χ1n) is 5.06. The second-order valence-corrected chi connectivity index (χ2v) is 3.73. The quantitative estimate of drug-likeness (QED) is 0.754. The van der Waals surface area contributed by atoms with E-state index in [-0.39, 0.29) is 11.9 Å². The van der Waals surface area contributed by atoms with Gasteiger partial charge >= 0.3 is 0 Å². The first-order chi connectivity index (χ1) is 7.24. The maximum Gasteiger partial charge on any atom is 0.220 e. The molecule has 1 fully saturated rings. The van der Waals surface area contributed by atoms with E-state index in [9.17, 15) is 4.79 Å². The molecule has 0 aromatic carbocycles. The number of nitrogens with zero attached hydrogens (tertiary/aromatic N) is 2. The molecule has 0 radical (unpaired) electrons. The molecule has 1 aromatic heterocycles. The van der Waals surface area contributed by atoms with E-state index in [4.69, 9.17) is 0 Å². The van der Waals surface area contributed by atoms with Gasteiger partial charge in [-0.05, 0) is 13.3 Å². The van der Waals surface area contributed by atoms with Gasteiger partial charge in [-0.2, -0.15) is 0 Å². The summed E-state index contributed by atoms with van der Waals surface area (Å²) in [5, 5.41) is 6.08. The Morgan fingerprint density at radius 3 is 3.13 bits per heavy atom. The Morgan fingerprint density at radius 2 is 2.47 bits per heavy atom. The molecule has 0 bridgehead atoms. The van der Waals surface area contributed by atoms with Crippen molar-refractivity contribution in [1.82, 2.24) is 15.3 Å². The van der Waals surface area contributed by atoms with E-state index in [2.05, 4.69) is 20.6 Å². The lowest BCUT2D eigenvalue weighted by Gasteiger charge is -2.11. The normalized spacial score (nSPS) is 20.1. The van der Waals surface area contributed by atoms with Crippen LogP contribution in [-0.4, -0.2) is 28.5 Å². The minimum absolute atomic E-state index is 0.140. The molecular weight excluding hydrogens is 192 g/mol. The van der Waals surface area contributed by atoms with Crippen LogP contribution in [0.5, 0.6) is 0 Å². The Labute approximate surface area is 88.3 Å². The number of hydrogen-bond acceptors (Lipinski definition) is 4. The summed E-state index contributed by atoms with van der Waals surface area (Å²) in [4.78, 5) is 19.0. The zero-order valence-electron chi connectivity index (χ0n) is 8.66. The summed E-state index contributed by atoms with van der Waals surface area (Å²) in [6.45, 7) is 2.65. The number of carbonyl (C=O) groups excluding carboxylic acids is 1. The summed E-state index contributed by atoms with van der Waals surface area (Å²) in [5.74, 6) is 0.948. The van der Waals surface area contributed by atoms with Gasteiger partial charge in [-0.25, -0.2) is 9.97 Å². The zero-order chi connectivity index (χ0) is 10.7. The molecule has 1 aromatic rings. The Hall–Kier alpha value is -1.65. The summed E-state index contributed by atoms with van der Waals surface area (Å²) in [6.07, 6.45) is 3.07. The van der Waals surface area contributed by atoms with Crippen LogP contribution in [0.2, 0.25) is 0 Å².